The van der Waals surface area contributed by atoms with Crippen LogP contribution in [0.15, 0.2) is 22.8 Å². The number of rotatable bonds is 3. The monoisotopic (exact) mass is 373 g/mol. The molecule has 0 unspecified atom stereocenters. The summed E-state index contributed by atoms with van der Waals surface area (Å²) in [6.07, 6.45) is 2.25. The average molecular weight is 373 g/mol. The third-order valence-electron chi connectivity index (χ3n) is 5.02. The summed E-state index contributed by atoms with van der Waals surface area (Å²) in [7, 11) is 1.85. The summed E-state index contributed by atoms with van der Waals surface area (Å²) in [6, 6.07) is 3.42. The predicted molar refractivity (Wildman–Crippen MR) is 95.0 cm³/mol. The topological polar surface area (TPSA) is 92.8 Å². The zero-order chi connectivity index (χ0) is 18.8. The molecule has 0 atom stereocenters. The smallest absolute Gasteiger partial charge is 0.318 e. The van der Waals surface area contributed by atoms with E-state index in [0.717, 1.165) is 11.3 Å². The zero-order valence-electron chi connectivity index (χ0n) is 15.3. The number of hydrogen-bond acceptors (Lipinski definition) is 5. The Balaban J connectivity index is 1.47. The van der Waals surface area contributed by atoms with Crippen molar-refractivity contribution in [1.82, 2.24) is 24.9 Å². The van der Waals surface area contributed by atoms with E-state index >= 15 is 0 Å². The molecule has 0 aliphatic carbocycles. The number of aromatic nitrogens is 2. The quantitative estimate of drug-likeness (QED) is 0.857. The van der Waals surface area contributed by atoms with E-state index in [2.05, 4.69) is 10.4 Å². The number of amides is 3. The first-order valence-corrected chi connectivity index (χ1v) is 9.10. The molecule has 4 rings (SSSR count). The van der Waals surface area contributed by atoms with Crippen molar-refractivity contribution in [3.05, 3.63) is 41.1 Å². The molecule has 0 radical (unpaired) electrons. The molecule has 27 heavy (non-hydrogen) atoms. The normalized spacial score (nSPS) is 16.9. The number of fused-ring (bicyclic) bond motifs is 1. The highest BCUT2D eigenvalue weighted by Gasteiger charge is 2.31. The second-order valence-corrected chi connectivity index (χ2v) is 6.71. The van der Waals surface area contributed by atoms with Crippen LogP contribution in [0.4, 0.5) is 4.79 Å². The average Bonchev–Trinajstić information content (AvgIpc) is 3.34. The van der Waals surface area contributed by atoms with E-state index in [1.54, 1.807) is 26.8 Å². The van der Waals surface area contributed by atoms with Gasteiger partial charge in [-0.15, -0.1) is 0 Å². The van der Waals surface area contributed by atoms with Crippen molar-refractivity contribution < 1.29 is 18.7 Å². The van der Waals surface area contributed by atoms with E-state index in [-0.39, 0.29) is 11.9 Å². The van der Waals surface area contributed by atoms with Gasteiger partial charge in [-0.05, 0) is 12.1 Å². The minimum Gasteiger partial charge on any atom is -0.467 e. The lowest BCUT2D eigenvalue weighted by Crippen LogP contribution is -2.44. The number of nitrogens with one attached hydrogen (secondary N) is 1. The first-order chi connectivity index (χ1) is 13.1. The maximum absolute atomic E-state index is 12.9. The molecule has 1 saturated heterocycles. The van der Waals surface area contributed by atoms with Crippen molar-refractivity contribution in [2.24, 2.45) is 7.05 Å². The lowest BCUT2D eigenvalue weighted by atomic mass is 10.0. The summed E-state index contributed by atoms with van der Waals surface area (Å²) in [4.78, 5) is 28.9. The third-order valence-corrected chi connectivity index (χ3v) is 5.02. The number of morpholine rings is 1. The molecule has 2 aromatic heterocycles. The fourth-order valence-electron chi connectivity index (χ4n) is 3.54. The number of hydrogen-bond donors (Lipinski definition) is 1. The molecular weight excluding hydrogens is 350 g/mol. The maximum Gasteiger partial charge on any atom is 0.318 e. The molecule has 0 saturated carbocycles. The fraction of sp³-hybridized carbons (Fsp3) is 0.500. The molecule has 144 valence electrons. The molecule has 2 aromatic rings. The number of carbonyl (C=O) groups excluding carboxylic acids is 2. The van der Waals surface area contributed by atoms with Crippen LogP contribution in [-0.4, -0.2) is 64.4 Å². The first kappa shape index (κ1) is 17.6. The van der Waals surface area contributed by atoms with E-state index in [4.69, 9.17) is 9.15 Å². The Hall–Kier alpha value is -2.81. The van der Waals surface area contributed by atoms with Crippen molar-refractivity contribution in [3.63, 3.8) is 0 Å². The van der Waals surface area contributed by atoms with Crippen molar-refractivity contribution in [2.75, 3.05) is 32.8 Å². The van der Waals surface area contributed by atoms with Gasteiger partial charge in [0.1, 0.15) is 5.76 Å². The second kappa shape index (κ2) is 7.43. The zero-order valence-corrected chi connectivity index (χ0v) is 15.3. The minimum absolute atomic E-state index is 0.0898. The Labute approximate surface area is 156 Å². The van der Waals surface area contributed by atoms with Gasteiger partial charge in [-0.25, -0.2) is 4.79 Å². The van der Waals surface area contributed by atoms with Crippen LogP contribution in [0.3, 0.4) is 0 Å². The third kappa shape index (κ3) is 3.55. The first-order valence-electron chi connectivity index (χ1n) is 9.10. The number of aryl methyl sites for hydroxylation is 1. The van der Waals surface area contributed by atoms with Gasteiger partial charge < -0.3 is 24.3 Å². The highest BCUT2D eigenvalue weighted by atomic mass is 16.5. The molecule has 0 spiro atoms. The lowest BCUT2D eigenvalue weighted by Gasteiger charge is -2.29. The Morgan fingerprint density at radius 1 is 1.22 bits per heavy atom. The summed E-state index contributed by atoms with van der Waals surface area (Å²) in [5, 5.41) is 7.32. The molecule has 0 aromatic carbocycles. The van der Waals surface area contributed by atoms with Crippen LogP contribution in [0.5, 0.6) is 0 Å². The fourth-order valence-corrected chi connectivity index (χ4v) is 3.54. The van der Waals surface area contributed by atoms with Gasteiger partial charge in [0.25, 0.3) is 5.91 Å². The second-order valence-electron chi connectivity index (χ2n) is 6.71. The van der Waals surface area contributed by atoms with Crippen LogP contribution >= 0.6 is 0 Å². The summed E-state index contributed by atoms with van der Waals surface area (Å²) >= 11 is 0. The summed E-state index contributed by atoms with van der Waals surface area (Å²) in [6.45, 7) is 3.52. The van der Waals surface area contributed by atoms with E-state index < -0.39 is 0 Å². The number of carbonyl (C=O) groups is 2. The molecule has 1 fully saturated rings. The molecule has 2 aliphatic heterocycles. The van der Waals surface area contributed by atoms with Crippen LogP contribution in [0, 0.1) is 0 Å². The number of furan rings is 1. The predicted octanol–water partition coefficient (Wildman–Crippen LogP) is 0.753. The maximum atomic E-state index is 12.9. The minimum atomic E-state index is -0.175. The van der Waals surface area contributed by atoms with Crippen LogP contribution in [0.1, 0.15) is 27.5 Å². The number of urea groups is 1. The molecule has 4 heterocycles. The molecule has 9 nitrogen and oxygen atoms in total. The van der Waals surface area contributed by atoms with E-state index in [0.29, 0.717) is 63.8 Å². The molecule has 9 heteroatoms. The molecule has 0 bridgehead atoms. The van der Waals surface area contributed by atoms with Crippen LogP contribution in [0.2, 0.25) is 0 Å². The Bertz CT molecular complexity index is 823. The van der Waals surface area contributed by atoms with Crippen molar-refractivity contribution in [3.8, 4) is 0 Å². The van der Waals surface area contributed by atoms with Gasteiger partial charge in [0.15, 0.2) is 5.69 Å². The standard InChI is InChI=1S/C18H23N5O4/c1-21-15-4-5-23(18(25)19-11-13-3-2-8-27-13)12-14(15)16(20-21)17(24)22-6-9-26-10-7-22/h2-3,8H,4-7,9-12H2,1H3,(H,19,25). The molecular formula is C18H23N5O4. The largest absolute Gasteiger partial charge is 0.467 e. The molecule has 3 amide bonds. The Kier molecular flexibility index (Phi) is 4.85. The lowest BCUT2D eigenvalue weighted by molar-refractivity contribution is 0.0297. The highest BCUT2D eigenvalue weighted by Crippen LogP contribution is 2.23. The van der Waals surface area contributed by atoms with Gasteiger partial charge in [0, 0.05) is 44.4 Å². The van der Waals surface area contributed by atoms with Gasteiger partial charge in [-0.2, -0.15) is 5.10 Å². The van der Waals surface area contributed by atoms with Crippen molar-refractivity contribution in [1.29, 1.82) is 0 Å². The van der Waals surface area contributed by atoms with E-state index in [1.807, 2.05) is 13.1 Å². The molecule has 1 N–H and O–H groups in total. The highest BCUT2D eigenvalue weighted by molar-refractivity contribution is 5.94. The van der Waals surface area contributed by atoms with Gasteiger partial charge in [-0.3, -0.25) is 9.48 Å². The van der Waals surface area contributed by atoms with Gasteiger partial charge in [-0.1, -0.05) is 0 Å². The Morgan fingerprint density at radius 3 is 2.78 bits per heavy atom. The van der Waals surface area contributed by atoms with Crippen molar-refractivity contribution >= 4 is 11.9 Å². The number of nitrogens with zero attached hydrogens (tertiary/aromatic N) is 4. The van der Waals surface area contributed by atoms with Gasteiger partial charge >= 0.3 is 6.03 Å². The van der Waals surface area contributed by atoms with Crippen LogP contribution in [0.25, 0.3) is 0 Å². The summed E-state index contributed by atoms with van der Waals surface area (Å²) in [5.74, 6) is 0.610. The molecule has 2 aliphatic rings. The van der Waals surface area contributed by atoms with Crippen molar-refractivity contribution in [2.45, 2.75) is 19.5 Å². The van der Waals surface area contributed by atoms with Gasteiger partial charge in [0.05, 0.1) is 32.6 Å². The summed E-state index contributed by atoms with van der Waals surface area (Å²) < 4.78 is 12.3. The SMILES string of the molecule is Cn1nc(C(=O)N2CCOCC2)c2c1CCN(C(=O)NCc1ccco1)C2. The van der Waals surface area contributed by atoms with Crippen LogP contribution < -0.4 is 5.32 Å². The van der Waals surface area contributed by atoms with Crippen LogP contribution in [-0.2, 0) is 31.3 Å². The summed E-state index contributed by atoms with van der Waals surface area (Å²) in [5.41, 5.74) is 2.30. The van der Waals surface area contributed by atoms with E-state index in [9.17, 15) is 9.59 Å². The number of ether oxygens (including phenoxy) is 1. The van der Waals surface area contributed by atoms with Gasteiger partial charge in [0.2, 0.25) is 0 Å². The van der Waals surface area contributed by atoms with E-state index in [1.165, 1.54) is 0 Å². The Morgan fingerprint density at radius 2 is 2.04 bits per heavy atom.